The highest BCUT2D eigenvalue weighted by atomic mass is 16.5. The van der Waals surface area contributed by atoms with Crippen LogP contribution in [0.4, 0.5) is 0 Å². The molecule has 0 aromatic heterocycles. The van der Waals surface area contributed by atoms with Gasteiger partial charge >= 0.3 is 0 Å². The molecule has 0 aliphatic heterocycles. The maximum Gasteiger partial charge on any atom is 0.188 e. The smallest absolute Gasteiger partial charge is 0.188 e. The Bertz CT molecular complexity index is 419. The van der Waals surface area contributed by atoms with Gasteiger partial charge < -0.3 is 15.8 Å². The fraction of sp³-hybridized carbons (Fsp3) is 0.533. The molecule has 2 rings (SSSR count). The molecular formula is C15H23N3O. The molecule has 19 heavy (non-hydrogen) atoms. The van der Waals surface area contributed by atoms with Crippen LogP contribution in [-0.2, 0) is 4.74 Å². The minimum absolute atomic E-state index is 0.192. The number of guanidine groups is 1. The minimum Gasteiger partial charge on any atom is -0.383 e. The maximum absolute atomic E-state index is 5.85. The summed E-state index contributed by atoms with van der Waals surface area (Å²) in [5, 5.41) is 3.12. The number of ether oxygens (including phenoxy) is 1. The molecule has 1 aromatic rings. The molecule has 1 aromatic carbocycles. The highest BCUT2D eigenvalue weighted by Crippen LogP contribution is 2.47. The summed E-state index contributed by atoms with van der Waals surface area (Å²) in [4.78, 5) is 4.41. The average molecular weight is 261 g/mol. The van der Waals surface area contributed by atoms with Gasteiger partial charge in [-0.15, -0.1) is 0 Å². The number of hydrogen-bond acceptors (Lipinski definition) is 2. The first-order valence-electron chi connectivity index (χ1n) is 6.81. The molecule has 1 aliphatic rings. The lowest BCUT2D eigenvalue weighted by Crippen LogP contribution is -2.40. The first kappa shape index (κ1) is 13.9. The molecule has 1 fully saturated rings. The number of aliphatic imine (C=N–C) groups is 1. The number of rotatable bonds is 6. The Morgan fingerprint density at radius 2 is 2.21 bits per heavy atom. The van der Waals surface area contributed by atoms with Crippen molar-refractivity contribution in [2.45, 2.75) is 25.3 Å². The number of methoxy groups -OCH3 is 1. The van der Waals surface area contributed by atoms with Crippen molar-refractivity contribution in [1.29, 1.82) is 0 Å². The molecule has 0 saturated heterocycles. The Kier molecular flexibility index (Phi) is 4.80. The van der Waals surface area contributed by atoms with Gasteiger partial charge in [0.15, 0.2) is 5.96 Å². The van der Waals surface area contributed by atoms with Crippen molar-refractivity contribution in [2.24, 2.45) is 16.6 Å². The van der Waals surface area contributed by atoms with Crippen molar-refractivity contribution in [1.82, 2.24) is 5.32 Å². The van der Waals surface area contributed by atoms with Gasteiger partial charge in [-0.1, -0.05) is 30.3 Å². The molecule has 3 unspecified atom stereocenters. The summed E-state index contributed by atoms with van der Waals surface area (Å²) in [6, 6.07) is 10.8. The molecule has 1 aliphatic carbocycles. The van der Waals surface area contributed by atoms with E-state index in [1.54, 1.807) is 7.11 Å². The van der Waals surface area contributed by atoms with Gasteiger partial charge in [0.05, 0.1) is 6.61 Å². The van der Waals surface area contributed by atoms with E-state index < -0.39 is 0 Å². The zero-order chi connectivity index (χ0) is 13.7. The van der Waals surface area contributed by atoms with E-state index >= 15 is 0 Å². The van der Waals surface area contributed by atoms with Crippen LogP contribution in [0.3, 0.4) is 0 Å². The van der Waals surface area contributed by atoms with Gasteiger partial charge in [0.25, 0.3) is 0 Å². The van der Waals surface area contributed by atoms with Crippen molar-refractivity contribution in [2.75, 3.05) is 20.3 Å². The van der Waals surface area contributed by atoms with E-state index in [0.29, 0.717) is 24.4 Å². The van der Waals surface area contributed by atoms with Gasteiger partial charge in [0.1, 0.15) is 0 Å². The van der Waals surface area contributed by atoms with Gasteiger partial charge in [-0.2, -0.15) is 0 Å². The first-order chi connectivity index (χ1) is 9.20. The Labute approximate surface area is 115 Å². The summed E-state index contributed by atoms with van der Waals surface area (Å²) < 4.78 is 5.04. The van der Waals surface area contributed by atoms with Crippen LogP contribution >= 0.6 is 0 Å². The van der Waals surface area contributed by atoms with Crippen molar-refractivity contribution < 1.29 is 4.74 Å². The fourth-order valence-electron chi connectivity index (χ4n) is 2.36. The number of benzene rings is 1. The Balaban J connectivity index is 1.75. The number of nitrogens with two attached hydrogens (primary N) is 1. The summed E-state index contributed by atoms with van der Waals surface area (Å²) in [6.45, 7) is 3.46. The lowest BCUT2D eigenvalue weighted by atomic mass is 10.1. The van der Waals surface area contributed by atoms with Crippen molar-refractivity contribution in [3.63, 3.8) is 0 Å². The molecule has 0 amide bonds. The average Bonchev–Trinajstić information content (AvgIpc) is 3.17. The third kappa shape index (κ3) is 4.24. The second kappa shape index (κ2) is 6.57. The lowest BCUT2D eigenvalue weighted by molar-refractivity contribution is 0.179. The van der Waals surface area contributed by atoms with Gasteiger partial charge in [-0.05, 0) is 30.7 Å². The van der Waals surface area contributed by atoms with Crippen molar-refractivity contribution >= 4 is 5.96 Å². The van der Waals surface area contributed by atoms with Gasteiger partial charge in [-0.3, -0.25) is 4.99 Å². The minimum atomic E-state index is 0.192. The summed E-state index contributed by atoms with van der Waals surface area (Å²) in [5.74, 6) is 1.82. The van der Waals surface area contributed by atoms with Crippen LogP contribution in [-0.4, -0.2) is 32.3 Å². The van der Waals surface area contributed by atoms with Gasteiger partial charge in [0, 0.05) is 19.7 Å². The van der Waals surface area contributed by atoms with Crippen LogP contribution in [0.2, 0.25) is 0 Å². The second-order valence-electron chi connectivity index (χ2n) is 5.24. The number of hydrogen-bond donors (Lipinski definition) is 2. The molecule has 0 radical (unpaired) electrons. The Hall–Kier alpha value is -1.55. The standard InChI is InChI=1S/C15H23N3O/c1-11(10-19-2)18-15(16)17-9-13-8-14(13)12-6-4-3-5-7-12/h3-7,11,13-14H,8-10H2,1-2H3,(H3,16,17,18). The number of nitrogens with zero attached hydrogens (tertiary/aromatic N) is 1. The highest BCUT2D eigenvalue weighted by molar-refractivity contribution is 5.78. The van der Waals surface area contributed by atoms with E-state index in [1.807, 2.05) is 6.92 Å². The molecule has 0 heterocycles. The number of nitrogens with one attached hydrogen (secondary N) is 1. The Morgan fingerprint density at radius 3 is 2.89 bits per heavy atom. The van der Waals surface area contributed by atoms with Crippen LogP contribution in [0.5, 0.6) is 0 Å². The summed E-state index contributed by atoms with van der Waals surface area (Å²) in [7, 11) is 1.68. The van der Waals surface area contributed by atoms with E-state index in [2.05, 4.69) is 40.6 Å². The molecule has 3 atom stereocenters. The quantitative estimate of drug-likeness (QED) is 0.605. The van der Waals surface area contributed by atoms with E-state index in [1.165, 1.54) is 12.0 Å². The predicted molar refractivity (Wildman–Crippen MR) is 78.3 cm³/mol. The maximum atomic E-state index is 5.85. The summed E-state index contributed by atoms with van der Waals surface area (Å²) in [5.41, 5.74) is 7.27. The van der Waals surface area contributed by atoms with Gasteiger partial charge in [-0.25, -0.2) is 0 Å². The third-order valence-corrected chi connectivity index (χ3v) is 3.46. The normalized spacial score (nSPS) is 24.0. The summed E-state index contributed by atoms with van der Waals surface area (Å²) in [6.07, 6.45) is 1.22. The molecule has 104 valence electrons. The molecule has 4 nitrogen and oxygen atoms in total. The molecular weight excluding hydrogens is 238 g/mol. The fourth-order valence-corrected chi connectivity index (χ4v) is 2.36. The second-order valence-corrected chi connectivity index (χ2v) is 5.24. The van der Waals surface area contributed by atoms with Crippen LogP contribution in [0.25, 0.3) is 0 Å². The molecule has 3 N–H and O–H groups in total. The van der Waals surface area contributed by atoms with E-state index in [4.69, 9.17) is 10.5 Å². The summed E-state index contributed by atoms with van der Waals surface area (Å²) >= 11 is 0. The van der Waals surface area contributed by atoms with Gasteiger partial charge in [0.2, 0.25) is 0 Å². The van der Waals surface area contributed by atoms with E-state index in [0.717, 1.165) is 6.54 Å². The SMILES string of the molecule is COCC(C)NC(N)=NCC1CC1c1ccccc1. The third-order valence-electron chi connectivity index (χ3n) is 3.46. The van der Waals surface area contributed by atoms with E-state index in [9.17, 15) is 0 Å². The zero-order valence-electron chi connectivity index (χ0n) is 11.7. The monoisotopic (exact) mass is 261 g/mol. The van der Waals surface area contributed by atoms with Crippen molar-refractivity contribution in [3.05, 3.63) is 35.9 Å². The topological polar surface area (TPSA) is 59.6 Å². The van der Waals surface area contributed by atoms with Crippen molar-refractivity contribution in [3.8, 4) is 0 Å². The molecule has 0 bridgehead atoms. The van der Waals surface area contributed by atoms with Crippen LogP contribution in [0.1, 0.15) is 24.8 Å². The van der Waals surface area contributed by atoms with Crippen LogP contribution in [0, 0.1) is 5.92 Å². The van der Waals surface area contributed by atoms with E-state index in [-0.39, 0.29) is 6.04 Å². The first-order valence-corrected chi connectivity index (χ1v) is 6.81. The molecule has 4 heteroatoms. The molecule has 0 spiro atoms. The van der Waals surface area contributed by atoms with Crippen LogP contribution in [0.15, 0.2) is 35.3 Å². The zero-order valence-corrected chi connectivity index (χ0v) is 11.7. The van der Waals surface area contributed by atoms with Crippen LogP contribution < -0.4 is 11.1 Å². The highest BCUT2D eigenvalue weighted by Gasteiger charge is 2.37. The predicted octanol–water partition coefficient (Wildman–Crippen LogP) is 1.73. The molecule has 1 saturated carbocycles. The Morgan fingerprint density at radius 1 is 1.47 bits per heavy atom. The lowest BCUT2D eigenvalue weighted by Gasteiger charge is -2.12. The largest absolute Gasteiger partial charge is 0.383 e.